The zero-order chi connectivity index (χ0) is 16.7. The van der Waals surface area contributed by atoms with Crippen molar-refractivity contribution in [3.05, 3.63) is 52.3 Å². The van der Waals surface area contributed by atoms with Gasteiger partial charge in [-0.25, -0.2) is 0 Å². The number of nitrogens with zero attached hydrogens (tertiary/aromatic N) is 2. The lowest BCUT2D eigenvalue weighted by Gasteiger charge is -1.99. The molecule has 3 aromatic rings. The van der Waals surface area contributed by atoms with Crippen LogP contribution in [-0.2, 0) is 18.3 Å². The number of rotatable bonds is 2. The van der Waals surface area contributed by atoms with Crippen molar-refractivity contribution in [3.8, 4) is 11.5 Å². The summed E-state index contributed by atoms with van der Waals surface area (Å²) >= 11 is 1.47. The highest BCUT2D eigenvalue weighted by Crippen LogP contribution is 2.36. The topological polar surface area (TPSA) is 52.8 Å². The van der Waals surface area contributed by atoms with Crippen molar-refractivity contribution < 1.29 is 14.3 Å². The van der Waals surface area contributed by atoms with Crippen LogP contribution in [0.4, 0.5) is 0 Å². The predicted molar refractivity (Wildman–Crippen MR) is 92.4 cm³/mol. The lowest BCUT2D eigenvalue weighted by molar-refractivity contribution is -0.117. The Morgan fingerprint density at radius 1 is 1.25 bits per heavy atom. The van der Waals surface area contributed by atoms with Crippen LogP contribution in [0.1, 0.15) is 11.1 Å². The molecule has 1 aliphatic rings. The molecule has 2 aromatic carbocycles. The largest absolute Gasteiger partial charge is 0.454 e. The number of carbonyl (C=O) groups is 1. The minimum Gasteiger partial charge on any atom is -0.454 e. The van der Waals surface area contributed by atoms with E-state index in [0.29, 0.717) is 11.2 Å². The van der Waals surface area contributed by atoms with Crippen LogP contribution in [0.15, 0.2) is 41.4 Å². The van der Waals surface area contributed by atoms with Crippen molar-refractivity contribution in [2.45, 2.75) is 13.3 Å². The molecule has 4 rings (SSSR count). The van der Waals surface area contributed by atoms with Crippen molar-refractivity contribution in [2.75, 3.05) is 6.79 Å². The van der Waals surface area contributed by atoms with E-state index in [2.05, 4.69) is 4.99 Å². The van der Waals surface area contributed by atoms with Crippen LogP contribution >= 0.6 is 11.3 Å². The highest BCUT2D eigenvalue weighted by atomic mass is 32.1. The highest BCUT2D eigenvalue weighted by molar-refractivity contribution is 7.16. The molecule has 1 aliphatic heterocycles. The van der Waals surface area contributed by atoms with Crippen LogP contribution in [0.25, 0.3) is 10.2 Å². The van der Waals surface area contributed by atoms with Gasteiger partial charge in [0.1, 0.15) is 0 Å². The first kappa shape index (κ1) is 15.0. The quantitative estimate of drug-likeness (QED) is 0.721. The number of aromatic nitrogens is 1. The predicted octanol–water partition coefficient (Wildman–Crippen LogP) is 2.95. The van der Waals surface area contributed by atoms with Crippen LogP contribution < -0.4 is 14.3 Å². The molecule has 2 heterocycles. The summed E-state index contributed by atoms with van der Waals surface area (Å²) < 4.78 is 13.7. The van der Waals surface area contributed by atoms with Gasteiger partial charge >= 0.3 is 0 Å². The first-order valence-electron chi connectivity index (χ1n) is 7.62. The fraction of sp³-hybridized carbons (Fsp3) is 0.222. The Hall–Kier alpha value is -2.60. The maximum absolute atomic E-state index is 12.3. The number of benzene rings is 2. The van der Waals surface area contributed by atoms with Gasteiger partial charge in [0.2, 0.25) is 6.79 Å². The number of hydrogen-bond acceptors (Lipinski definition) is 4. The molecule has 1 aromatic heterocycles. The number of amides is 1. The van der Waals surface area contributed by atoms with Gasteiger partial charge < -0.3 is 14.0 Å². The van der Waals surface area contributed by atoms with E-state index in [-0.39, 0.29) is 12.7 Å². The smallest absolute Gasteiger partial charge is 0.252 e. The molecule has 0 fully saturated rings. The molecule has 0 radical (unpaired) electrons. The Labute approximate surface area is 142 Å². The van der Waals surface area contributed by atoms with Gasteiger partial charge in [-0.05, 0) is 12.5 Å². The summed E-state index contributed by atoms with van der Waals surface area (Å²) in [5.74, 6) is 1.32. The third-order valence-electron chi connectivity index (χ3n) is 3.96. The second-order valence-corrected chi connectivity index (χ2v) is 6.80. The van der Waals surface area contributed by atoms with Gasteiger partial charge in [0.15, 0.2) is 16.3 Å². The van der Waals surface area contributed by atoms with Gasteiger partial charge in [0.25, 0.3) is 5.91 Å². The molecule has 0 N–H and O–H groups in total. The van der Waals surface area contributed by atoms with Gasteiger partial charge in [-0.3, -0.25) is 4.79 Å². The summed E-state index contributed by atoms with van der Waals surface area (Å²) in [7, 11) is 1.90. The van der Waals surface area contributed by atoms with Gasteiger partial charge in [0.05, 0.1) is 16.6 Å². The van der Waals surface area contributed by atoms with Crippen molar-refractivity contribution in [2.24, 2.45) is 12.0 Å². The Balaban J connectivity index is 1.69. The molecule has 1 amide bonds. The van der Waals surface area contributed by atoms with E-state index in [4.69, 9.17) is 9.47 Å². The third kappa shape index (κ3) is 2.69. The minimum atomic E-state index is -0.150. The number of fused-ring (bicyclic) bond motifs is 2. The molecule has 0 unspecified atom stereocenters. The van der Waals surface area contributed by atoms with E-state index in [0.717, 1.165) is 32.8 Å². The Morgan fingerprint density at radius 2 is 2.04 bits per heavy atom. The Kier molecular flexibility index (Phi) is 3.61. The molecule has 122 valence electrons. The zero-order valence-electron chi connectivity index (χ0n) is 13.4. The minimum absolute atomic E-state index is 0.150. The van der Waals surface area contributed by atoms with Crippen LogP contribution in [0.2, 0.25) is 0 Å². The van der Waals surface area contributed by atoms with E-state index >= 15 is 0 Å². The standard InChI is InChI=1S/C18H16N2O3S/c1-11-4-3-5-12(6-11)7-17(21)19-18-20(2)13-8-14-15(23-10-22-14)9-16(13)24-18/h3-6,8-9H,7,10H2,1-2H3. The number of carbonyl (C=O) groups excluding carboxylic acids is 1. The zero-order valence-corrected chi connectivity index (χ0v) is 14.2. The van der Waals surface area contributed by atoms with Crippen molar-refractivity contribution in [1.29, 1.82) is 0 Å². The number of hydrogen-bond donors (Lipinski definition) is 0. The molecule has 0 saturated heterocycles. The molecule has 0 aliphatic carbocycles. The van der Waals surface area contributed by atoms with E-state index < -0.39 is 0 Å². The maximum atomic E-state index is 12.3. The molecule has 24 heavy (non-hydrogen) atoms. The maximum Gasteiger partial charge on any atom is 0.252 e. The fourth-order valence-electron chi connectivity index (χ4n) is 2.77. The summed E-state index contributed by atoms with van der Waals surface area (Å²) in [4.78, 5) is 17.3. The lowest BCUT2D eigenvalue weighted by Crippen LogP contribution is -2.14. The average molecular weight is 340 g/mol. The van der Waals surface area contributed by atoms with Crippen LogP contribution in [0.3, 0.4) is 0 Å². The molecule has 5 nitrogen and oxygen atoms in total. The molecule has 0 atom stereocenters. The van der Waals surface area contributed by atoms with Gasteiger partial charge in [-0.1, -0.05) is 41.2 Å². The fourth-order valence-corrected chi connectivity index (χ4v) is 3.81. The molecule has 0 spiro atoms. The lowest BCUT2D eigenvalue weighted by atomic mass is 10.1. The van der Waals surface area contributed by atoms with Gasteiger partial charge in [0, 0.05) is 19.2 Å². The molecular weight excluding hydrogens is 324 g/mol. The van der Waals surface area contributed by atoms with E-state index in [1.807, 2.05) is 54.9 Å². The number of thiazole rings is 1. The normalized spacial score (nSPS) is 13.7. The molecule has 0 bridgehead atoms. The van der Waals surface area contributed by atoms with Crippen LogP contribution in [0, 0.1) is 6.92 Å². The third-order valence-corrected chi connectivity index (χ3v) is 5.06. The van der Waals surface area contributed by atoms with E-state index in [9.17, 15) is 4.79 Å². The Bertz CT molecular complexity index is 1020. The first-order valence-corrected chi connectivity index (χ1v) is 8.44. The van der Waals surface area contributed by atoms with Gasteiger partial charge in [-0.2, -0.15) is 4.99 Å². The second kappa shape index (κ2) is 5.79. The van der Waals surface area contributed by atoms with Crippen LogP contribution in [-0.4, -0.2) is 17.3 Å². The molecular formula is C18H16N2O3S. The second-order valence-electron chi connectivity index (χ2n) is 5.79. The Morgan fingerprint density at radius 3 is 2.83 bits per heavy atom. The summed E-state index contributed by atoms with van der Waals surface area (Å²) in [5, 5.41) is 0. The highest BCUT2D eigenvalue weighted by Gasteiger charge is 2.16. The average Bonchev–Trinajstić information content (AvgIpc) is 3.10. The van der Waals surface area contributed by atoms with Gasteiger partial charge in [-0.15, -0.1) is 0 Å². The summed E-state index contributed by atoms with van der Waals surface area (Å²) in [6.45, 7) is 2.27. The van der Waals surface area contributed by atoms with Crippen molar-refractivity contribution >= 4 is 27.5 Å². The summed E-state index contributed by atoms with van der Waals surface area (Å²) in [5.41, 5.74) is 3.10. The van der Waals surface area contributed by atoms with Crippen molar-refractivity contribution in [3.63, 3.8) is 0 Å². The number of aryl methyl sites for hydroxylation is 2. The monoisotopic (exact) mass is 340 g/mol. The van der Waals surface area contributed by atoms with E-state index in [1.54, 1.807) is 0 Å². The summed E-state index contributed by atoms with van der Waals surface area (Å²) in [6.07, 6.45) is 0.304. The van der Waals surface area contributed by atoms with Crippen LogP contribution in [0.5, 0.6) is 11.5 Å². The molecule has 6 heteroatoms. The SMILES string of the molecule is Cc1cccc(CC(=O)N=c2sc3cc4c(cc3n2C)OCO4)c1. The first-order chi connectivity index (χ1) is 11.6. The molecule has 0 saturated carbocycles. The summed E-state index contributed by atoms with van der Waals surface area (Å²) in [6, 6.07) is 11.8. The van der Waals surface area contributed by atoms with E-state index in [1.165, 1.54) is 11.3 Å². The number of ether oxygens (including phenoxy) is 2. The van der Waals surface area contributed by atoms with Crippen molar-refractivity contribution in [1.82, 2.24) is 4.57 Å².